The van der Waals surface area contributed by atoms with E-state index in [0.717, 1.165) is 25.9 Å². The van der Waals surface area contributed by atoms with E-state index < -0.39 is 0 Å². The highest BCUT2D eigenvalue weighted by Gasteiger charge is 2.46. The molecule has 2 aliphatic heterocycles. The van der Waals surface area contributed by atoms with Crippen LogP contribution in [0.1, 0.15) is 62.5 Å². The van der Waals surface area contributed by atoms with Crippen LogP contribution in [0.15, 0.2) is 24.3 Å². The van der Waals surface area contributed by atoms with E-state index in [1.54, 1.807) is 0 Å². The zero-order valence-corrected chi connectivity index (χ0v) is 14.3. The number of carbonyl (C=O) groups is 1. The third-order valence-corrected chi connectivity index (χ3v) is 5.97. The van der Waals surface area contributed by atoms with Gasteiger partial charge in [-0.15, -0.1) is 0 Å². The second-order valence-electron chi connectivity index (χ2n) is 7.98. The van der Waals surface area contributed by atoms with Crippen molar-refractivity contribution in [1.29, 1.82) is 0 Å². The lowest BCUT2D eigenvalue weighted by molar-refractivity contribution is -0.132. The van der Waals surface area contributed by atoms with Gasteiger partial charge in [-0.25, -0.2) is 0 Å². The van der Waals surface area contributed by atoms with E-state index in [0.29, 0.717) is 29.8 Å². The van der Waals surface area contributed by atoms with Crippen LogP contribution in [0.3, 0.4) is 0 Å². The van der Waals surface area contributed by atoms with Crippen molar-refractivity contribution in [3.8, 4) is 0 Å². The Morgan fingerprint density at radius 1 is 1.13 bits per heavy atom. The van der Waals surface area contributed by atoms with Crippen molar-refractivity contribution in [2.45, 2.75) is 63.5 Å². The van der Waals surface area contributed by atoms with Crippen molar-refractivity contribution in [2.24, 2.45) is 5.92 Å². The molecule has 124 valence electrons. The molecule has 3 nitrogen and oxygen atoms in total. The Kier molecular flexibility index (Phi) is 3.92. The first-order valence-electron chi connectivity index (χ1n) is 9.26. The van der Waals surface area contributed by atoms with Crippen molar-refractivity contribution in [3.05, 3.63) is 35.4 Å². The van der Waals surface area contributed by atoms with Crippen LogP contribution in [-0.4, -0.2) is 36.0 Å². The number of nitrogens with zero attached hydrogens (tertiary/aromatic N) is 1. The largest absolute Gasteiger partial charge is 0.341 e. The lowest BCUT2D eigenvalue weighted by atomic mass is 9.99. The van der Waals surface area contributed by atoms with Crippen molar-refractivity contribution in [1.82, 2.24) is 10.2 Å². The fraction of sp³-hybridized carbons (Fsp3) is 0.650. The summed E-state index contributed by atoms with van der Waals surface area (Å²) in [6.45, 7) is 6.31. The van der Waals surface area contributed by atoms with Gasteiger partial charge >= 0.3 is 0 Å². The summed E-state index contributed by atoms with van der Waals surface area (Å²) in [6.07, 6.45) is 4.70. The molecule has 3 fully saturated rings. The molecule has 0 radical (unpaired) electrons. The van der Waals surface area contributed by atoms with Crippen LogP contribution >= 0.6 is 0 Å². The van der Waals surface area contributed by atoms with Gasteiger partial charge < -0.3 is 10.2 Å². The van der Waals surface area contributed by atoms with Gasteiger partial charge in [0, 0.05) is 31.1 Å². The molecule has 1 aromatic carbocycles. The topological polar surface area (TPSA) is 32.3 Å². The first-order chi connectivity index (χ1) is 11.1. The Bertz CT molecular complexity index is 580. The average Bonchev–Trinajstić information content (AvgIpc) is 3.25. The molecule has 4 atom stereocenters. The minimum atomic E-state index is 0.233. The van der Waals surface area contributed by atoms with Crippen molar-refractivity contribution < 1.29 is 4.79 Å². The normalized spacial score (nSPS) is 32.9. The molecule has 3 heteroatoms. The predicted octanol–water partition coefficient (Wildman–Crippen LogP) is 3.27. The van der Waals surface area contributed by atoms with Gasteiger partial charge in [0.1, 0.15) is 0 Å². The molecule has 2 heterocycles. The highest BCUT2D eigenvalue weighted by molar-refractivity contribution is 5.83. The monoisotopic (exact) mass is 312 g/mol. The molecule has 2 bridgehead atoms. The quantitative estimate of drug-likeness (QED) is 0.929. The highest BCUT2D eigenvalue weighted by Crippen LogP contribution is 2.48. The van der Waals surface area contributed by atoms with Crippen LogP contribution in [0, 0.1) is 5.92 Å². The Labute approximate surface area is 139 Å². The summed E-state index contributed by atoms with van der Waals surface area (Å²) in [5, 5.41) is 3.66. The summed E-state index contributed by atoms with van der Waals surface area (Å²) in [5.41, 5.74) is 2.73. The number of rotatable bonds is 3. The molecule has 1 aliphatic carbocycles. The average molecular weight is 312 g/mol. The van der Waals surface area contributed by atoms with Crippen LogP contribution in [0.2, 0.25) is 0 Å². The summed E-state index contributed by atoms with van der Waals surface area (Å²) >= 11 is 0. The number of hydrogen-bond acceptors (Lipinski definition) is 2. The minimum Gasteiger partial charge on any atom is -0.341 e. The second-order valence-corrected chi connectivity index (χ2v) is 7.98. The van der Waals surface area contributed by atoms with E-state index in [-0.39, 0.29) is 5.92 Å². The molecule has 1 amide bonds. The van der Waals surface area contributed by atoms with Crippen molar-refractivity contribution in [3.63, 3.8) is 0 Å². The van der Waals surface area contributed by atoms with Gasteiger partial charge in [-0.1, -0.05) is 38.1 Å². The standard InChI is InChI=1S/C20H28N2O/c1-13(2)14-3-5-15(6-4-14)18-11-19(18)20(23)22-10-9-16-7-8-17(12-22)21-16/h3-6,13,16-19,21H,7-12H2,1-2H3. The van der Waals surface area contributed by atoms with E-state index >= 15 is 0 Å². The first-order valence-corrected chi connectivity index (χ1v) is 9.26. The number of amides is 1. The highest BCUT2D eigenvalue weighted by atomic mass is 16.2. The molecule has 1 N–H and O–H groups in total. The summed E-state index contributed by atoms with van der Waals surface area (Å²) in [5.74, 6) is 1.66. The van der Waals surface area contributed by atoms with Crippen LogP contribution in [-0.2, 0) is 4.79 Å². The van der Waals surface area contributed by atoms with Gasteiger partial charge in [-0.2, -0.15) is 0 Å². The van der Waals surface area contributed by atoms with Crippen LogP contribution < -0.4 is 5.32 Å². The van der Waals surface area contributed by atoms with Gasteiger partial charge in [-0.3, -0.25) is 4.79 Å². The summed E-state index contributed by atoms with van der Waals surface area (Å²) in [6, 6.07) is 10.1. The van der Waals surface area contributed by atoms with Gasteiger partial charge in [0.25, 0.3) is 0 Å². The van der Waals surface area contributed by atoms with E-state index in [1.807, 2.05) is 0 Å². The predicted molar refractivity (Wildman–Crippen MR) is 92.5 cm³/mol. The van der Waals surface area contributed by atoms with Crippen molar-refractivity contribution >= 4 is 5.91 Å². The number of likely N-dealkylation sites (tertiary alicyclic amines) is 1. The fourth-order valence-electron chi connectivity index (χ4n) is 4.34. The fourth-order valence-corrected chi connectivity index (χ4v) is 4.34. The molecule has 23 heavy (non-hydrogen) atoms. The van der Waals surface area contributed by atoms with Gasteiger partial charge in [-0.05, 0) is 48.6 Å². The molecule has 3 aliphatic rings. The van der Waals surface area contributed by atoms with Gasteiger partial charge in [0.2, 0.25) is 5.91 Å². The Morgan fingerprint density at radius 3 is 2.61 bits per heavy atom. The second kappa shape index (κ2) is 5.94. The third-order valence-electron chi connectivity index (χ3n) is 5.97. The lowest BCUT2D eigenvalue weighted by Gasteiger charge is -2.24. The molecule has 2 saturated heterocycles. The van der Waals surface area contributed by atoms with E-state index in [9.17, 15) is 4.79 Å². The first kappa shape index (κ1) is 15.2. The zero-order valence-electron chi connectivity index (χ0n) is 14.3. The third kappa shape index (κ3) is 3.03. The Morgan fingerprint density at radius 2 is 1.87 bits per heavy atom. The molecular weight excluding hydrogens is 284 g/mol. The number of carbonyl (C=O) groups excluding carboxylic acids is 1. The number of hydrogen-bond donors (Lipinski definition) is 1. The number of nitrogens with one attached hydrogen (secondary N) is 1. The summed E-state index contributed by atoms with van der Waals surface area (Å²) in [7, 11) is 0. The van der Waals surface area contributed by atoms with Gasteiger partial charge in [0.05, 0.1) is 0 Å². The Balaban J connectivity index is 1.39. The maximum atomic E-state index is 12.8. The number of benzene rings is 1. The maximum Gasteiger partial charge on any atom is 0.226 e. The molecule has 1 saturated carbocycles. The molecular formula is C20H28N2O. The molecule has 4 rings (SSSR count). The molecule has 0 aromatic heterocycles. The summed E-state index contributed by atoms with van der Waals surface area (Å²) in [4.78, 5) is 15.0. The van der Waals surface area contributed by atoms with Crippen LogP contribution in [0.5, 0.6) is 0 Å². The van der Waals surface area contributed by atoms with Crippen LogP contribution in [0.4, 0.5) is 0 Å². The lowest BCUT2D eigenvalue weighted by Crippen LogP contribution is -2.40. The summed E-state index contributed by atoms with van der Waals surface area (Å²) < 4.78 is 0. The SMILES string of the molecule is CC(C)c1ccc(C2CC2C(=O)N2CCC3CCC(C2)N3)cc1. The zero-order chi connectivity index (χ0) is 16.0. The maximum absolute atomic E-state index is 12.8. The number of fused-ring (bicyclic) bond motifs is 2. The molecule has 4 unspecified atom stereocenters. The smallest absolute Gasteiger partial charge is 0.226 e. The van der Waals surface area contributed by atoms with E-state index in [4.69, 9.17) is 0 Å². The van der Waals surface area contributed by atoms with Crippen LogP contribution in [0.25, 0.3) is 0 Å². The minimum absolute atomic E-state index is 0.233. The molecule has 0 spiro atoms. The Hall–Kier alpha value is -1.35. The molecule has 1 aromatic rings. The van der Waals surface area contributed by atoms with Gasteiger partial charge in [0.15, 0.2) is 0 Å². The van der Waals surface area contributed by atoms with E-state index in [1.165, 1.54) is 24.0 Å². The van der Waals surface area contributed by atoms with Crippen molar-refractivity contribution in [2.75, 3.05) is 13.1 Å². The van der Waals surface area contributed by atoms with E-state index in [2.05, 4.69) is 48.3 Å².